The second-order valence-corrected chi connectivity index (χ2v) is 9.66. The van der Waals surface area contributed by atoms with Crippen LogP contribution in [0.3, 0.4) is 0 Å². The molecule has 2 heterocycles. The van der Waals surface area contributed by atoms with Gasteiger partial charge in [0.15, 0.2) is 0 Å². The first kappa shape index (κ1) is 21.5. The van der Waals surface area contributed by atoms with Crippen LogP contribution in [-0.4, -0.2) is 43.8 Å². The summed E-state index contributed by atoms with van der Waals surface area (Å²) in [4.78, 5) is 17.1. The smallest absolute Gasteiger partial charge is 0.245 e. The summed E-state index contributed by atoms with van der Waals surface area (Å²) >= 11 is 6.11. The lowest BCUT2D eigenvalue weighted by Gasteiger charge is -2.30. The van der Waals surface area contributed by atoms with Crippen LogP contribution in [-0.2, 0) is 14.8 Å². The van der Waals surface area contributed by atoms with Gasteiger partial charge >= 0.3 is 0 Å². The Hall–Kier alpha value is -2.68. The number of pyridine rings is 1. The lowest BCUT2D eigenvalue weighted by molar-refractivity contribution is -0.120. The van der Waals surface area contributed by atoms with Crippen molar-refractivity contribution in [2.75, 3.05) is 25.5 Å². The predicted octanol–water partition coefficient (Wildman–Crippen LogP) is 3.94. The number of para-hydroxylation sites is 1. The Morgan fingerprint density at radius 3 is 2.61 bits per heavy atom. The molecule has 0 saturated carbocycles. The van der Waals surface area contributed by atoms with E-state index in [0.717, 1.165) is 5.39 Å². The minimum absolute atomic E-state index is 0.148. The summed E-state index contributed by atoms with van der Waals surface area (Å²) < 4.78 is 33.0. The zero-order chi connectivity index (χ0) is 22.0. The number of hydrogen-bond donors (Lipinski definition) is 1. The van der Waals surface area contributed by atoms with Crippen molar-refractivity contribution in [2.45, 2.75) is 17.7 Å². The molecule has 0 unspecified atom stereocenters. The highest BCUT2D eigenvalue weighted by molar-refractivity contribution is 7.89. The molecule has 0 spiro atoms. The van der Waals surface area contributed by atoms with Gasteiger partial charge in [-0.3, -0.25) is 9.78 Å². The van der Waals surface area contributed by atoms with E-state index in [1.165, 1.54) is 11.4 Å². The predicted molar refractivity (Wildman–Crippen MR) is 120 cm³/mol. The number of rotatable bonds is 5. The van der Waals surface area contributed by atoms with Gasteiger partial charge in [0.05, 0.1) is 17.6 Å². The fourth-order valence-electron chi connectivity index (χ4n) is 3.77. The van der Waals surface area contributed by atoms with Crippen LogP contribution in [0.4, 0.5) is 5.69 Å². The Labute approximate surface area is 186 Å². The normalized spacial score (nSPS) is 15.7. The molecule has 1 saturated heterocycles. The molecule has 31 heavy (non-hydrogen) atoms. The summed E-state index contributed by atoms with van der Waals surface area (Å²) in [6.07, 6.45) is 2.46. The molecule has 0 aliphatic carbocycles. The topological polar surface area (TPSA) is 88.6 Å². The molecule has 0 bridgehead atoms. The number of nitrogens with one attached hydrogen (secondary N) is 1. The number of methoxy groups -OCH3 is 1. The fourth-order valence-corrected chi connectivity index (χ4v) is 5.66. The second kappa shape index (κ2) is 8.82. The zero-order valence-electron chi connectivity index (χ0n) is 16.9. The molecule has 162 valence electrons. The van der Waals surface area contributed by atoms with Crippen LogP contribution in [0.25, 0.3) is 10.9 Å². The van der Waals surface area contributed by atoms with E-state index >= 15 is 0 Å². The minimum atomic E-state index is -3.70. The molecule has 4 rings (SSSR count). The number of piperidine rings is 1. The third-order valence-corrected chi connectivity index (χ3v) is 7.68. The molecule has 1 aromatic heterocycles. The number of fused-ring (bicyclic) bond motifs is 1. The van der Waals surface area contributed by atoms with Crippen LogP contribution in [0.5, 0.6) is 5.75 Å². The van der Waals surface area contributed by atoms with Crippen LogP contribution in [0.15, 0.2) is 59.6 Å². The lowest BCUT2D eigenvalue weighted by atomic mass is 9.97. The van der Waals surface area contributed by atoms with Gasteiger partial charge < -0.3 is 10.1 Å². The number of amides is 1. The van der Waals surface area contributed by atoms with E-state index in [-0.39, 0.29) is 29.8 Å². The molecule has 0 atom stereocenters. The highest BCUT2D eigenvalue weighted by Gasteiger charge is 2.33. The molecule has 1 amide bonds. The van der Waals surface area contributed by atoms with Gasteiger partial charge in [-0.05, 0) is 43.2 Å². The third-order valence-electron chi connectivity index (χ3n) is 5.46. The van der Waals surface area contributed by atoms with Gasteiger partial charge in [-0.2, -0.15) is 4.31 Å². The van der Waals surface area contributed by atoms with Gasteiger partial charge in [0.2, 0.25) is 15.9 Å². The summed E-state index contributed by atoms with van der Waals surface area (Å²) in [5.41, 5.74) is 1.04. The maximum Gasteiger partial charge on any atom is 0.245 e. The zero-order valence-corrected chi connectivity index (χ0v) is 18.5. The van der Waals surface area contributed by atoms with Crippen molar-refractivity contribution in [3.05, 3.63) is 59.8 Å². The van der Waals surface area contributed by atoms with E-state index in [9.17, 15) is 13.2 Å². The Bertz CT molecular complexity index is 1220. The molecule has 1 N–H and O–H groups in total. The average Bonchev–Trinajstić information content (AvgIpc) is 2.79. The largest absolute Gasteiger partial charge is 0.495 e. The number of aromatic nitrogens is 1. The molecule has 1 fully saturated rings. The summed E-state index contributed by atoms with van der Waals surface area (Å²) in [7, 11) is -2.18. The van der Waals surface area contributed by atoms with Gasteiger partial charge in [0.1, 0.15) is 10.6 Å². The van der Waals surface area contributed by atoms with Crippen molar-refractivity contribution >= 4 is 44.1 Å². The van der Waals surface area contributed by atoms with Crippen molar-refractivity contribution in [1.29, 1.82) is 0 Å². The van der Waals surface area contributed by atoms with Gasteiger partial charge in [-0.15, -0.1) is 0 Å². The number of benzene rings is 2. The van der Waals surface area contributed by atoms with E-state index in [4.69, 9.17) is 16.3 Å². The van der Waals surface area contributed by atoms with E-state index in [1.54, 1.807) is 42.6 Å². The number of anilines is 1. The van der Waals surface area contributed by atoms with Crippen molar-refractivity contribution in [3.63, 3.8) is 0 Å². The number of ether oxygens (including phenoxy) is 1. The van der Waals surface area contributed by atoms with E-state index in [0.29, 0.717) is 34.8 Å². The number of sulfonamides is 1. The van der Waals surface area contributed by atoms with E-state index < -0.39 is 10.0 Å². The SMILES string of the molecule is COc1ccc(NC(=O)C2CCN(S(=O)(=O)c3cccc4cccnc34)CC2)cc1Cl. The van der Waals surface area contributed by atoms with Gasteiger partial charge in [-0.1, -0.05) is 29.8 Å². The first-order chi connectivity index (χ1) is 14.9. The Morgan fingerprint density at radius 1 is 1.16 bits per heavy atom. The Balaban J connectivity index is 1.44. The number of nitrogens with zero attached hydrogens (tertiary/aromatic N) is 2. The molecular formula is C22H22ClN3O4S. The van der Waals surface area contributed by atoms with Crippen LogP contribution in [0.1, 0.15) is 12.8 Å². The third kappa shape index (κ3) is 4.37. The van der Waals surface area contributed by atoms with Crippen LogP contribution in [0, 0.1) is 5.92 Å². The van der Waals surface area contributed by atoms with Crippen LogP contribution >= 0.6 is 11.6 Å². The summed E-state index contributed by atoms with van der Waals surface area (Å²) in [5.74, 6) is 0.101. The number of hydrogen-bond acceptors (Lipinski definition) is 5. The standard InChI is InChI=1S/C22H22ClN3O4S/c1-30-19-8-7-17(14-18(19)23)25-22(27)16-9-12-26(13-10-16)31(28,29)20-6-2-4-15-5-3-11-24-21(15)20/h2-8,11,14,16H,9-10,12-13H2,1H3,(H,25,27). The maximum absolute atomic E-state index is 13.2. The Kier molecular flexibility index (Phi) is 6.13. The summed E-state index contributed by atoms with van der Waals surface area (Å²) in [6.45, 7) is 0.542. The number of carbonyl (C=O) groups is 1. The first-order valence-corrected chi connectivity index (χ1v) is 11.7. The molecular weight excluding hydrogens is 438 g/mol. The van der Waals surface area contributed by atoms with Crippen molar-refractivity contribution in [3.8, 4) is 5.75 Å². The number of halogens is 1. The highest BCUT2D eigenvalue weighted by Crippen LogP contribution is 2.30. The highest BCUT2D eigenvalue weighted by atomic mass is 35.5. The average molecular weight is 460 g/mol. The Morgan fingerprint density at radius 2 is 1.90 bits per heavy atom. The lowest BCUT2D eigenvalue weighted by Crippen LogP contribution is -2.41. The van der Waals surface area contributed by atoms with Gasteiger partial charge in [-0.25, -0.2) is 8.42 Å². The fraction of sp³-hybridized carbons (Fsp3) is 0.273. The van der Waals surface area contributed by atoms with E-state index in [2.05, 4.69) is 10.3 Å². The van der Waals surface area contributed by atoms with Crippen molar-refractivity contribution < 1.29 is 17.9 Å². The summed E-state index contributed by atoms with van der Waals surface area (Å²) in [5, 5.41) is 4.04. The van der Waals surface area contributed by atoms with Gasteiger partial charge in [0, 0.05) is 36.3 Å². The maximum atomic E-state index is 13.2. The molecule has 1 aliphatic heterocycles. The molecule has 1 aliphatic rings. The second-order valence-electron chi connectivity index (χ2n) is 7.35. The molecule has 3 aromatic rings. The quantitative estimate of drug-likeness (QED) is 0.624. The van der Waals surface area contributed by atoms with E-state index in [1.807, 2.05) is 12.1 Å². The van der Waals surface area contributed by atoms with Crippen molar-refractivity contribution in [2.24, 2.45) is 5.92 Å². The first-order valence-electron chi connectivity index (χ1n) is 9.88. The molecule has 2 aromatic carbocycles. The summed E-state index contributed by atoms with van der Waals surface area (Å²) in [6, 6.07) is 13.8. The van der Waals surface area contributed by atoms with Gasteiger partial charge in [0.25, 0.3) is 0 Å². The molecule has 7 nitrogen and oxygen atoms in total. The number of carbonyl (C=O) groups excluding carboxylic acids is 1. The van der Waals surface area contributed by atoms with Crippen LogP contribution < -0.4 is 10.1 Å². The molecule has 9 heteroatoms. The van der Waals surface area contributed by atoms with Crippen molar-refractivity contribution in [1.82, 2.24) is 9.29 Å². The van der Waals surface area contributed by atoms with Crippen LogP contribution in [0.2, 0.25) is 5.02 Å². The monoisotopic (exact) mass is 459 g/mol. The minimum Gasteiger partial charge on any atom is -0.495 e. The molecule has 0 radical (unpaired) electrons.